The van der Waals surface area contributed by atoms with Gasteiger partial charge in [0.1, 0.15) is 0 Å². The van der Waals surface area contributed by atoms with Crippen LogP contribution < -0.4 is 5.32 Å². The fraction of sp³-hybridized carbons (Fsp3) is 0.154. The van der Waals surface area contributed by atoms with Crippen LogP contribution in [-0.4, -0.2) is 4.98 Å². The lowest BCUT2D eigenvalue weighted by Gasteiger charge is -2.07. The van der Waals surface area contributed by atoms with E-state index in [9.17, 15) is 0 Å². The Kier molecular flexibility index (Phi) is 4.39. The van der Waals surface area contributed by atoms with Gasteiger partial charge in [-0.2, -0.15) is 0 Å². The zero-order valence-corrected chi connectivity index (χ0v) is 13.1. The van der Waals surface area contributed by atoms with Gasteiger partial charge in [0.2, 0.25) is 0 Å². The number of hydrogen-bond donors (Lipinski definition) is 1. The van der Waals surface area contributed by atoms with Crippen LogP contribution in [0.5, 0.6) is 0 Å². The molecule has 1 aromatic carbocycles. The summed E-state index contributed by atoms with van der Waals surface area (Å²) in [6.07, 6.45) is 1.82. The predicted molar refractivity (Wildman–Crippen MR) is 83.2 cm³/mol. The minimum absolute atomic E-state index is 0.742. The minimum atomic E-state index is 0.742. The second-order valence-electron chi connectivity index (χ2n) is 3.79. The zero-order chi connectivity index (χ0) is 12.3. The number of nitrogens with one attached hydrogen (secondary N) is 1. The van der Waals surface area contributed by atoms with Crippen molar-refractivity contribution in [3.63, 3.8) is 0 Å². The number of rotatable bonds is 3. The summed E-state index contributed by atoms with van der Waals surface area (Å²) >= 11 is 5.72. The fourth-order valence-corrected chi connectivity index (χ4v) is 2.16. The first-order valence-corrected chi connectivity index (χ1v) is 7.13. The number of hydrogen-bond acceptors (Lipinski definition) is 2. The largest absolute Gasteiger partial charge is 0.379 e. The third kappa shape index (κ3) is 3.67. The maximum atomic E-state index is 4.32. The fourth-order valence-electron chi connectivity index (χ4n) is 1.41. The van der Waals surface area contributed by atoms with Crippen molar-refractivity contribution in [1.29, 1.82) is 0 Å². The van der Waals surface area contributed by atoms with Gasteiger partial charge in [-0.05, 0) is 75.3 Å². The van der Waals surface area contributed by atoms with E-state index >= 15 is 0 Å². The Morgan fingerprint density at radius 1 is 1.29 bits per heavy atom. The lowest BCUT2D eigenvalue weighted by Crippen LogP contribution is -2.01. The third-order valence-corrected chi connectivity index (χ3v) is 4.07. The van der Waals surface area contributed by atoms with Gasteiger partial charge in [-0.1, -0.05) is 6.07 Å². The van der Waals surface area contributed by atoms with E-state index in [0.29, 0.717) is 0 Å². The van der Waals surface area contributed by atoms with Crippen molar-refractivity contribution in [2.45, 2.75) is 13.5 Å². The number of aryl methyl sites for hydroxylation is 1. The van der Waals surface area contributed by atoms with Crippen molar-refractivity contribution >= 4 is 44.2 Å². The van der Waals surface area contributed by atoms with Crippen LogP contribution in [0, 0.1) is 10.5 Å². The summed E-state index contributed by atoms with van der Waals surface area (Å²) in [5.41, 5.74) is 3.46. The summed E-state index contributed by atoms with van der Waals surface area (Å²) in [4.78, 5) is 4.32. The minimum Gasteiger partial charge on any atom is -0.379 e. The molecule has 1 heterocycles. The molecule has 0 unspecified atom stereocenters. The second kappa shape index (κ2) is 5.82. The first-order valence-electron chi connectivity index (χ1n) is 5.25. The summed E-state index contributed by atoms with van der Waals surface area (Å²) in [7, 11) is 0. The van der Waals surface area contributed by atoms with Crippen LogP contribution in [0.15, 0.2) is 41.0 Å². The number of aromatic nitrogens is 1. The summed E-state index contributed by atoms with van der Waals surface area (Å²) < 4.78 is 2.28. The molecule has 0 saturated heterocycles. The highest BCUT2D eigenvalue weighted by Gasteiger charge is 1.98. The van der Waals surface area contributed by atoms with Crippen molar-refractivity contribution in [3.8, 4) is 0 Å². The van der Waals surface area contributed by atoms with Gasteiger partial charge in [0, 0.05) is 19.9 Å². The average molecular weight is 403 g/mol. The van der Waals surface area contributed by atoms with E-state index in [1.165, 1.54) is 9.13 Å². The van der Waals surface area contributed by atoms with Crippen LogP contribution >= 0.6 is 38.5 Å². The molecule has 2 aromatic rings. The summed E-state index contributed by atoms with van der Waals surface area (Å²) in [6, 6.07) is 10.4. The Balaban J connectivity index is 2.02. The van der Waals surface area contributed by atoms with Crippen molar-refractivity contribution in [3.05, 3.63) is 55.8 Å². The van der Waals surface area contributed by atoms with E-state index in [0.717, 1.165) is 22.4 Å². The van der Waals surface area contributed by atoms with Crippen molar-refractivity contribution < 1.29 is 0 Å². The van der Waals surface area contributed by atoms with Gasteiger partial charge in [0.15, 0.2) is 0 Å². The first-order chi connectivity index (χ1) is 8.15. The standard InChI is InChI=1S/C13H12BrIN2/c1-9-2-4-11(6-13(9)15)17-8-12-5-3-10(14)7-16-12/h2-7,17H,8H2,1H3. The molecule has 2 nitrogen and oxygen atoms in total. The summed E-state index contributed by atoms with van der Waals surface area (Å²) in [6.45, 7) is 2.86. The third-order valence-electron chi connectivity index (χ3n) is 2.43. The van der Waals surface area contributed by atoms with Gasteiger partial charge in [-0.3, -0.25) is 4.98 Å². The molecule has 0 radical (unpaired) electrons. The SMILES string of the molecule is Cc1ccc(NCc2ccc(Br)cn2)cc1I. The molecule has 4 heteroatoms. The predicted octanol–water partition coefficient (Wildman–Crippen LogP) is 4.37. The maximum absolute atomic E-state index is 4.32. The number of pyridine rings is 1. The molecule has 0 atom stereocenters. The van der Waals surface area contributed by atoms with Gasteiger partial charge in [-0.15, -0.1) is 0 Å². The van der Waals surface area contributed by atoms with E-state index in [1.807, 2.05) is 18.3 Å². The molecule has 0 aliphatic heterocycles. The summed E-state index contributed by atoms with van der Waals surface area (Å²) in [5, 5.41) is 3.37. The molecule has 2 rings (SSSR count). The molecule has 1 N–H and O–H groups in total. The normalized spacial score (nSPS) is 10.3. The summed E-state index contributed by atoms with van der Waals surface area (Å²) in [5.74, 6) is 0. The quantitative estimate of drug-likeness (QED) is 0.771. The van der Waals surface area contributed by atoms with Crippen LogP contribution in [0.4, 0.5) is 5.69 Å². The van der Waals surface area contributed by atoms with Crippen LogP contribution in [0.3, 0.4) is 0 Å². The Labute approximate surface area is 123 Å². The maximum Gasteiger partial charge on any atom is 0.0595 e. The number of anilines is 1. The Hall–Kier alpha value is -0.620. The van der Waals surface area contributed by atoms with Gasteiger partial charge >= 0.3 is 0 Å². The first kappa shape index (κ1) is 12.8. The molecular formula is C13H12BrIN2. The number of nitrogens with zero attached hydrogens (tertiary/aromatic N) is 1. The van der Waals surface area contributed by atoms with Crippen molar-refractivity contribution in [2.75, 3.05) is 5.32 Å². The Morgan fingerprint density at radius 2 is 2.12 bits per heavy atom. The molecule has 0 amide bonds. The molecule has 0 fully saturated rings. The van der Waals surface area contributed by atoms with Crippen LogP contribution in [0.2, 0.25) is 0 Å². The van der Waals surface area contributed by atoms with Gasteiger partial charge in [0.25, 0.3) is 0 Å². The second-order valence-corrected chi connectivity index (χ2v) is 5.86. The van der Waals surface area contributed by atoms with Crippen molar-refractivity contribution in [1.82, 2.24) is 4.98 Å². The van der Waals surface area contributed by atoms with Gasteiger partial charge < -0.3 is 5.32 Å². The Bertz CT molecular complexity index is 511. The topological polar surface area (TPSA) is 24.9 Å². The molecule has 0 saturated carbocycles. The van der Waals surface area contributed by atoms with E-state index < -0.39 is 0 Å². The van der Waals surface area contributed by atoms with Gasteiger partial charge in [0.05, 0.1) is 12.2 Å². The molecule has 0 aliphatic rings. The lowest BCUT2D eigenvalue weighted by atomic mass is 10.2. The van der Waals surface area contributed by atoms with Crippen LogP contribution in [0.1, 0.15) is 11.3 Å². The highest BCUT2D eigenvalue weighted by molar-refractivity contribution is 14.1. The smallest absolute Gasteiger partial charge is 0.0595 e. The lowest BCUT2D eigenvalue weighted by molar-refractivity contribution is 1.04. The van der Waals surface area contributed by atoms with Crippen LogP contribution in [-0.2, 0) is 6.54 Å². The molecule has 17 heavy (non-hydrogen) atoms. The van der Waals surface area contributed by atoms with E-state index in [-0.39, 0.29) is 0 Å². The molecule has 1 aromatic heterocycles. The number of benzene rings is 1. The molecule has 0 spiro atoms. The monoisotopic (exact) mass is 402 g/mol. The average Bonchev–Trinajstić information content (AvgIpc) is 2.33. The Morgan fingerprint density at radius 3 is 2.76 bits per heavy atom. The zero-order valence-electron chi connectivity index (χ0n) is 9.37. The number of halogens is 2. The van der Waals surface area contributed by atoms with Crippen LogP contribution in [0.25, 0.3) is 0 Å². The molecular weight excluding hydrogens is 391 g/mol. The molecule has 0 aliphatic carbocycles. The van der Waals surface area contributed by atoms with Crippen molar-refractivity contribution in [2.24, 2.45) is 0 Å². The van der Waals surface area contributed by atoms with E-state index in [4.69, 9.17) is 0 Å². The molecule has 88 valence electrons. The molecule has 0 bridgehead atoms. The highest BCUT2D eigenvalue weighted by atomic mass is 127. The van der Waals surface area contributed by atoms with E-state index in [2.05, 4.69) is 73.9 Å². The van der Waals surface area contributed by atoms with Gasteiger partial charge in [-0.25, -0.2) is 0 Å². The highest BCUT2D eigenvalue weighted by Crippen LogP contribution is 2.17. The van der Waals surface area contributed by atoms with E-state index in [1.54, 1.807) is 0 Å².